The lowest BCUT2D eigenvalue weighted by Gasteiger charge is -2.29. The minimum absolute atomic E-state index is 0.134. The van der Waals surface area contributed by atoms with E-state index in [0.717, 1.165) is 56.0 Å². The molecule has 2 aliphatic heterocycles. The smallest absolute Gasteiger partial charge is 0.290 e. The van der Waals surface area contributed by atoms with Gasteiger partial charge in [0.2, 0.25) is 5.76 Å². The number of carbonyl (C=O) groups is 1. The van der Waals surface area contributed by atoms with Gasteiger partial charge in [0.15, 0.2) is 5.43 Å². The third-order valence-electron chi connectivity index (χ3n) is 6.80. The van der Waals surface area contributed by atoms with Crippen molar-refractivity contribution in [3.8, 4) is 5.75 Å². The van der Waals surface area contributed by atoms with Crippen LogP contribution in [0.25, 0.3) is 11.0 Å². The first kappa shape index (κ1) is 22.6. The Labute approximate surface area is 198 Å². The summed E-state index contributed by atoms with van der Waals surface area (Å²) in [7, 11) is 1.61. The van der Waals surface area contributed by atoms with Crippen LogP contribution in [0.4, 0.5) is 0 Å². The highest BCUT2D eigenvalue weighted by Gasteiger charge is 2.42. The average molecular weight is 463 g/mol. The molecular weight excluding hydrogens is 432 g/mol. The number of nitrogens with zero attached hydrogens (tertiary/aromatic N) is 2. The Bertz CT molecular complexity index is 1290. The van der Waals surface area contributed by atoms with Crippen LogP contribution in [0.5, 0.6) is 5.75 Å². The fourth-order valence-corrected chi connectivity index (χ4v) is 5.19. The van der Waals surface area contributed by atoms with Crippen LogP contribution in [0.15, 0.2) is 45.6 Å². The molecule has 1 aromatic heterocycles. The van der Waals surface area contributed by atoms with Gasteiger partial charge in [-0.15, -0.1) is 0 Å². The van der Waals surface area contributed by atoms with Gasteiger partial charge >= 0.3 is 0 Å². The number of hydrogen-bond acceptors (Lipinski definition) is 6. The standard InChI is InChI=1S/C27H30N2O5/c1-17-14-18(2)22-21(15-17)34-26-23(25(22)30)24(19-6-4-7-20(16-19)32-3)29(27(26)31)9-5-8-28-10-12-33-13-11-28/h4,6-7,14-16,24H,5,8-13H2,1-3H3. The summed E-state index contributed by atoms with van der Waals surface area (Å²) in [6, 6.07) is 10.9. The van der Waals surface area contributed by atoms with Gasteiger partial charge in [-0.3, -0.25) is 14.5 Å². The highest BCUT2D eigenvalue weighted by molar-refractivity contribution is 5.99. The maximum atomic E-state index is 13.8. The largest absolute Gasteiger partial charge is 0.497 e. The molecule has 5 rings (SSSR count). The third kappa shape index (κ3) is 3.99. The van der Waals surface area contributed by atoms with E-state index in [1.807, 2.05) is 50.2 Å². The summed E-state index contributed by atoms with van der Waals surface area (Å²) < 4.78 is 17.0. The number of carbonyl (C=O) groups excluding carboxylic acids is 1. The van der Waals surface area contributed by atoms with E-state index in [-0.39, 0.29) is 17.1 Å². The fraction of sp³-hybridized carbons (Fsp3) is 0.407. The highest BCUT2D eigenvalue weighted by Crippen LogP contribution is 2.39. The summed E-state index contributed by atoms with van der Waals surface area (Å²) in [5, 5.41) is 0.542. The molecule has 1 unspecified atom stereocenters. The highest BCUT2D eigenvalue weighted by atomic mass is 16.5. The summed E-state index contributed by atoms with van der Waals surface area (Å²) in [4.78, 5) is 31.6. The van der Waals surface area contributed by atoms with E-state index in [2.05, 4.69) is 4.90 Å². The summed E-state index contributed by atoms with van der Waals surface area (Å²) in [5.74, 6) is 0.605. The van der Waals surface area contributed by atoms with Crippen molar-refractivity contribution in [3.05, 3.63) is 74.6 Å². The second-order valence-corrected chi connectivity index (χ2v) is 9.11. The molecule has 1 saturated heterocycles. The molecule has 7 nitrogen and oxygen atoms in total. The molecule has 0 aliphatic carbocycles. The Balaban J connectivity index is 1.57. The number of methoxy groups -OCH3 is 1. The zero-order valence-corrected chi connectivity index (χ0v) is 19.9. The fourth-order valence-electron chi connectivity index (χ4n) is 5.19. The van der Waals surface area contributed by atoms with E-state index in [4.69, 9.17) is 13.9 Å². The molecule has 34 heavy (non-hydrogen) atoms. The van der Waals surface area contributed by atoms with Gasteiger partial charge in [-0.1, -0.05) is 18.2 Å². The molecule has 0 spiro atoms. The third-order valence-corrected chi connectivity index (χ3v) is 6.80. The maximum Gasteiger partial charge on any atom is 0.290 e. The minimum atomic E-state index is -0.511. The Morgan fingerprint density at radius 2 is 1.85 bits per heavy atom. The number of aryl methyl sites for hydroxylation is 2. The molecule has 7 heteroatoms. The van der Waals surface area contributed by atoms with Crippen LogP contribution in [0.2, 0.25) is 0 Å². The first-order valence-electron chi connectivity index (χ1n) is 11.8. The summed E-state index contributed by atoms with van der Waals surface area (Å²) in [5.41, 5.74) is 3.44. The second kappa shape index (κ2) is 9.24. The lowest BCUT2D eigenvalue weighted by molar-refractivity contribution is 0.0353. The van der Waals surface area contributed by atoms with Crippen molar-refractivity contribution in [1.29, 1.82) is 0 Å². The topological polar surface area (TPSA) is 72.2 Å². The molecule has 2 aliphatic rings. The van der Waals surface area contributed by atoms with Crippen molar-refractivity contribution in [2.45, 2.75) is 26.3 Å². The van der Waals surface area contributed by atoms with Gasteiger partial charge < -0.3 is 18.8 Å². The predicted octanol–water partition coefficient (Wildman–Crippen LogP) is 3.69. The quantitative estimate of drug-likeness (QED) is 0.557. The number of ether oxygens (including phenoxy) is 2. The Morgan fingerprint density at radius 3 is 2.62 bits per heavy atom. The van der Waals surface area contributed by atoms with E-state index in [1.54, 1.807) is 12.0 Å². The van der Waals surface area contributed by atoms with Crippen molar-refractivity contribution in [2.75, 3.05) is 46.5 Å². The Hall–Kier alpha value is -3.16. The van der Waals surface area contributed by atoms with Crippen LogP contribution in [-0.2, 0) is 4.74 Å². The zero-order chi connectivity index (χ0) is 23.8. The molecule has 0 N–H and O–H groups in total. The molecule has 2 aromatic carbocycles. The van der Waals surface area contributed by atoms with Crippen LogP contribution >= 0.6 is 0 Å². The van der Waals surface area contributed by atoms with Crippen LogP contribution in [-0.4, -0.2) is 62.2 Å². The predicted molar refractivity (Wildman–Crippen MR) is 130 cm³/mol. The molecule has 0 saturated carbocycles. The van der Waals surface area contributed by atoms with Crippen molar-refractivity contribution in [1.82, 2.24) is 9.80 Å². The summed E-state index contributed by atoms with van der Waals surface area (Å²) >= 11 is 0. The van der Waals surface area contributed by atoms with Crippen molar-refractivity contribution >= 4 is 16.9 Å². The van der Waals surface area contributed by atoms with E-state index in [0.29, 0.717) is 28.8 Å². The lowest BCUT2D eigenvalue weighted by Crippen LogP contribution is -2.38. The summed E-state index contributed by atoms with van der Waals surface area (Å²) in [6.07, 6.45) is 0.798. The van der Waals surface area contributed by atoms with Crippen molar-refractivity contribution < 1.29 is 18.7 Å². The molecule has 1 fully saturated rings. The zero-order valence-electron chi connectivity index (χ0n) is 19.9. The van der Waals surface area contributed by atoms with Gasteiger partial charge in [0.1, 0.15) is 11.3 Å². The SMILES string of the molecule is COc1cccc(C2c3c(oc4cc(C)cc(C)c4c3=O)C(=O)N2CCCN2CCOCC2)c1. The van der Waals surface area contributed by atoms with E-state index < -0.39 is 6.04 Å². The molecule has 1 amide bonds. The first-order valence-corrected chi connectivity index (χ1v) is 11.8. The lowest BCUT2D eigenvalue weighted by atomic mass is 9.96. The molecule has 0 radical (unpaired) electrons. The molecule has 1 atom stereocenters. The van der Waals surface area contributed by atoms with Gasteiger partial charge in [0.05, 0.1) is 37.3 Å². The number of hydrogen-bond donors (Lipinski definition) is 0. The van der Waals surface area contributed by atoms with Crippen LogP contribution in [0.1, 0.15) is 45.3 Å². The van der Waals surface area contributed by atoms with E-state index in [1.165, 1.54) is 0 Å². The minimum Gasteiger partial charge on any atom is -0.497 e. The monoisotopic (exact) mass is 462 g/mol. The van der Waals surface area contributed by atoms with E-state index in [9.17, 15) is 9.59 Å². The number of rotatable bonds is 6. The van der Waals surface area contributed by atoms with Gasteiger partial charge in [0.25, 0.3) is 5.91 Å². The van der Waals surface area contributed by atoms with Crippen molar-refractivity contribution in [2.24, 2.45) is 0 Å². The van der Waals surface area contributed by atoms with Gasteiger partial charge in [-0.2, -0.15) is 0 Å². The van der Waals surface area contributed by atoms with Crippen LogP contribution < -0.4 is 10.2 Å². The molecular formula is C27H30N2O5. The van der Waals surface area contributed by atoms with Crippen molar-refractivity contribution in [3.63, 3.8) is 0 Å². The maximum absolute atomic E-state index is 13.8. The van der Waals surface area contributed by atoms with Gasteiger partial charge in [0, 0.05) is 26.2 Å². The molecule has 3 heterocycles. The van der Waals surface area contributed by atoms with E-state index >= 15 is 0 Å². The van der Waals surface area contributed by atoms with Crippen LogP contribution in [0.3, 0.4) is 0 Å². The average Bonchev–Trinajstić information content (AvgIpc) is 3.11. The summed E-state index contributed by atoms with van der Waals surface area (Å²) in [6.45, 7) is 8.55. The first-order chi connectivity index (χ1) is 16.5. The molecule has 3 aromatic rings. The molecule has 178 valence electrons. The number of morpholine rings is 1. The number of fused-ring (bicyclic) bond motifs is 2. The molecule has 0 bridgehead atoms. The normalized spacial score (nSPS) is 18.5. The number of benzene rings is 2. The Morgan fingerprint density at radius 1 is 1.06 bits per heavy atom. The number of amides is 1. The van der Waals surface area contributed by atoms with Gasteiger partial charge in [-0.05, 0) is 55.2 Å². The van der Waals surface area contributed by atoms with Crippen LogP contribution in [0, 0.1) is 13.8 Å². The second-order valence-electron chi connectivity index (χ2n) is 9.11. The Kier molecular flexibility index (Phi) is 6.15. The van der Waals surface area contributed by atoms with Gasteiger partial charge in [-0.25, -0.2) is 0 Å².